The molecule has 0 spiro atoms. The van der Waals surface area contributed by atoms with E-state index in [9.17, 15) is 0 Å². The highest BCUT2D eigenvalue weighted by Crippen LogP contribution is 2.27. The van der Waals surface area contributed by atoms with Crippen LogP contribution in [0.4, 0.5) is 5.69 Å². The fraction of sp³-hybridized carbons (Fsp3) is 0.227. The van der Waals surface area contributed by atoms with Crippen LogP contribution in [0.1, 0.15) is 12.6 Å². The lowest BCUT2D eigenvalue weighted by Gasteiger charge is -2.11. The summed E-state index contributed by atoms with van der Waals surface area (Å²) in [6.07, 6.45) is 8.87. The highest BCUT2D eigenvalue weighted by molar-refractivity contribution is 5.93. The van der Waals surface area contributed by atoms with Gasteiger partial charge in [0.1, 0.15) is 5.69 Å². The highest BCUT2D eigenvalue weighted by atomic mass is 15.4. The highest BCUT2D eigenvalue weighted by Gasteiger charge is 2.12. The lowest BCUT2D eigenvalue weighted by Crippen LogP contribution is -2.25. The van der Waals surface area contributed by atoms with Gasteiger partial charge in [0, 0.05) is 63.4 Å². The summed E-state index contributed by atoms with van der Waals surface area (Å²) in [6, 6.07) is 6.03. The molecule has 10 nitrogen and oxygen atoms in total. The molecule has 3 heterocycles. The molecule has 0 amide bonds. The molecule has 3 aromatic heterocycles. The molecule has 168 valence electrons. The van der Waals surface area contributed by atoms with Crippen molar-refractivity contribution in [3.05, 3.63) is 67.2 Å². The summed E-state index contributed by atoms with van der Waals surface area (Å²) in [7, 11) is 7.66. The Morgan fingerprint density at radius 2 is 1.75 bits per heavy atom. The second kappa shape index (κ2) is 9.40. The minimum Gasteiger partial charge on any atom is -0.396 e. The smallest absolute Gasteiger partial charge is 0.117 e. The first-order valence-corrected chi connectivity index (χ1v) is 9.96. The molecule has 0 aliphatic heterocycles. The predicted molar refractivity (Wildman–Crippen MR) is 129 cm³/mol. The van der Waals surface area contributed by atoms with Crippen LogP contribution in [0.3, 0.4) is 0 Å². The van der Waals surface area contributed by atoms with Crippen LogP contribution in [0.25, 0.3) is 27.7 Å². The number of hydrogen-bond donors (Lipinski definition) is 3. The Labute approximate surface area is 187 Å². The maximum atomic E-state index is 6.26. The quantitative estimate of drug-likeness (QED) is 0.326. The Morgan fingerprint density at radius 1 is 1.09 bits per heavy atom. The average Bonchev–Trinajstić information content (AvgIpc) is 3.47. The average molecular weight is 435 g/mol. The zero-order valence-corrected chi connectivity index (χ0v) is 19.1. The topological polar surface area (TPSA) is 123 Å². The Morgan fingerprint density at radius 3 is 2.31 bits per heavy atom. The van der Waals surface area contributed by atoms with Crippen molar-refractivity contribution in [3.8, 4) is 11.1 Å². The number of aryl methyl sites for hydroxylation is 2. The SMILES string of the molecule is C=C(C)N(C)C.Cn1cc(-c2ccc3[nH]nc(/C(N)=C/N(N)c4cnn(C)c4)c3c2)cn1. The molecule has 0 unspecified atom stereocenters. The molecule has 32 heavy (non-hydrogen) atoms. The van der Waals surface area contributed by atoms with Gasteiger partial charge in [0.05, 0.1) is 29.3 Å². The molecular formula is C22H30N10. The molecular weight excluding hydrogens is 404 g/mol. The number of hydrogen-bond acceptors (Lipinski definition) is 7. The van der Waals surface area contributed by atoms with Gasteiger partial charge in [-0.3, -0.25) is 19.5 Å². The Balaban J connectivity index is 0.000000427. The van der Waals surface area contributed by atoms with Crippen molar-refractivity contribution in [3.63, 3.8) is 0 Å². The van der Waals surface area contributed by atoms with Gasteiger partial charge in [-0.05, 0) is 24.6 Å². The van der Waals surface area contributed by atoms with Gasteiger partial charge in [0.2, 0.25) is 0 Å². The number of nitrogens with zero attached hydrogens (tertiary/aromatic N) is 7. The van der Waals surface area contributed by atoms with Gasteiger partial charge >= 0.3 is 0 Å². The van der Waals surface area contributed by atoms with Crippen molar-refractivity contribution in [2.24, 2.45) is 25.7 Å². The normalized spacial score (nSPS) is 11.2. The summed E-state index contributed by atoms with van der Waals surface area (Å²) in [5.74, 6) is 6.06. The number of allylic oxidation sites excluding steroid dienone is 1. The maximum absolute atomic E-state index is 6.26. The molecule has 1 aromatic carbocycles. The van der Waals surface area contributed by atoms with Crippen LogP contribution < -0.4 is 16.6 Å². The van der Waals surface area contributed by atoms with Crippen LogP contribution >= 0.6 is 0 Å². The summed E-state index contributed by atoms with van der Waals surface area (Å²) in [6.45, 7) is 5.65. The minimum atomic E-state index is 0.450. The van der Waals surface area contributed by atoms with Crippen molar-refractivity contribution in [2.45, 2.75) is 6.92 Å². The van der Waals surface area contributed by atoms with Gasteiger partial charge in [-0.2, -0.15) is 15.3 Å². The third-order valence-electron chi connectivity index (χ3n) is 4.91. The number of nitrogens with one attached hydrogen (secondary N) is 1. The van der Waals surface area contributed by atoms with E-state index in [1.165, 1.54) is 5.01 Å². The van der Waals surface area contributed by atoms with Crippen molar-refractivity contribution in [1.29, 1.82) is 0 Å². The fourth-order valence-electron chi connectivity index (χ4n) is 2.81. The number of fused-ring (bicyclic) bond motifs is 1. The second-order valence-corrected chi connectivity index (χ2v) is 7.73. The first kappa shape index (κ1) is 22.6. The summed E-state index contributed by atoms with van der Waals surface area (Å²) in [5.41, 5.74) is 12.1. The predicted octanol–water partition coefficient (Wildman–Crippen LogP) is 2.42. The molecule has 10 heteroatoms. The molecule has 0 fully saturated rings. The third kappa shape index (κ3) is 5.16. The van der Waals surface area contributed by atoms with E-state index in [2.05, 4.69) is 27.0 Å². The molecule has 0 aliphatic carbocycles. The van der Waals surface area contributed by atoms with E-state index in [-0.39, 0.29) is 0 Å². The van der Waals surface area contributed by atoms with Crippen molar-refractivity contribution in [1.82, 2.24) is 34.7 Å². The zero-order chi connectivity index (χ0) is 23.4. The monoisotopic (exact) mass is 434 g/mol. The summed E-state index contributed by atoms with van der Waals surface area (Å²) in [5, 5.41) is 18.0. The van der Waals surface area contributed by atoms with E-state index in [0.29, 0.717) is 11.4 Å². The van der Waals surface area contributed by atoms with Crippen LogP contribution in [0, 0.1) is 0 Å². The molecule has 0 aliphatic rings. The van der Waals surface area contributed by atoms with Crippen molar-refractivity contribution < 1.29 is 0 Å². The lowest BCUT2D eigenvalue weighted by atomic mass is 10.1. The van der Waals surface area contributed by atoms with Crippen LogP contribution in [-0.2, 0) is 14.1 Å². The fourth-order valence-corrected chi connectivity index (χ4v) is 2.81. The van der Waals surface area contributed by atoms with Crippen LogP contribution in [-0.4, -0.2) is 48.8 Å². The number of hydrazine groups is 1. The number of rotatable bonds is 5. The lowest BCUT2D eigenvalue weighted by molar-refractivity contribution is 0.516. The number of benzene rings is 1. The summed E-state index contributed by atoms with van der Waals surface area (Å²) >= 11 is 0. The standard InChI is InChI=1S/C17H19N9.C5H11N/c1-24-8-12(6-20-24)11-3-4-16-14(5-11)17(23-22-16)15(18)10-26(19)13-7-21-25(2)9-13;1-5(2)6(3)4/h3-10H,18-19H2,1-2H3,(H,22,23);1H2,2-4H3/b15-10-;. The molecule has 4 rings (SSSR count). The second-order valence-electron chi connectivity index (χ2n) is 7.73. The van der Waals surface area contributed by atoms with E-state index < -0.39 is 0 Å². The van der Waals surface area contributed by atoms with Crippen molar-refractivity contribution >= 4 is 22.3 Å². The molecule has 0 saturated carbocycles. The van der Waals surface area contributed by atoms with E-state index in [1.54, 1.807) is 28.0 Å². The van der Waals surface area contributed by atoms with Gasteiger partial charge in [0.15, 0.2) is 0 Å². The molecule has 4 aromatic rings. The summed E-state index contributed by atoms with van der Waals surface area (Å²) in [4.78, 5) is 1.97. The molecule has 0 radical (unpaired) electrons. The van der Waals surface area contributed by atoms with E-state index >= 15 is 0 Å². The molecule has 5 N–H and O–H groups in total. The van der Waals surface area contributed by atoms with Gasteiger partial charge < -0.3 is 10.6 Å². The third-order valence-corrected chi connectivity index (χ3v) is 4.91. The zero-order valence-electron chi connectivity index (χ0n) is 19.1. The first-order chi connectivity index (χ1) is 15.2. The number of aromatic amines is 1. The maximum Gasteiger partial charge on any atom is 0.117 e. The number of nitrogens with two attached hydrogens (primary N) is 2. The minimum absolute atomic E-state index is 0.450. The van der Waals surface area contributed by atoms with E-state index in [4.69, 9.17) is 11.6 Å². The Bertz CT molecular complexity index is 1240. The van der Waals surface area contributed by atoms with E-state index in [0.717, 1.165) is 33.4 Å². The van der Waals surface area contributed by atoms with Gasteiger partial charge in [-0.1, -0.05) is 12.6 Å². The molecule has 0 saturated heterocycles. The number of H-pyrrole nitrogens is 1. The van der Waals surface area contributed by atoms with Gasteiger partial charge in [0.25, 0.3) is 0 Å². The van der Waals surface area contributed by atoms with Crippen LogP contribution in [0.2, 0.25) is 0 Å². The molecule has 0 bridgehead atoms. The van der Waals surface area contributed by atoms with Crippen LogP contribution in [0.15, 0.2) is 61.5 Å². The van der Waals surface area contributed by atoms with Gasteiger partial charge in [-0.25, -0.2) is 5.84 Å². The number of aromatic nitrogens is 6. The van der Waals surface area contributed by atoms with Gasteiger partial charge in [-0.15, -0.1) is 0 Å². The van der Waals surface area contributed by atoms with Crippen LogP contribution in [0.5, 0.6) is 0 Å². The van der Waals surface area contributed by atoms with E-state index in [1.807, 2.05) is 70.6 Å². The van der Waals surface area contributed by atoms with Crippen molar-refractivity contribution in [2.75, 3.05) is 19.1 Å². The summed E-state index contributed by atoms with van der Waals surface area (Å²) < 4.78 is 3.44. The first-order valence-electron chi connectivity index (χ1n) is 9.96. The number of anilines is 1. The largest absolute Gasteiger partial charge is 0.396 e. The Kier molecular flexibility index (Phi) is 6.64. The Hall–Kier alpha value is -4.05. The molecule has 0 atom stereocenters.